The van der Waals surface area contributed by atoms with Gasteiger partial charge >= 0.3 is 0 Å². The van der Waals surface area contributed by atoms with Crippen LogP contribution in [-0.2, 0) is 11.3 Å². The number of rotatable bonds is 8. The van der Waals surface area contributed by atoms with Crippen LogP contribution in [-0.4, -0.2) is 37.0 Å². The fourth-order valence-electron chi connectivity index (χ4n) is 1.88. The average molecular weight is 278 g/mol. The number of ether oxygens (including phenoxy) is 1. The lowest BCUT2D eigenvalue weighted by Crippen LogP contribution is -2.31. The summed E-state index contributed by atoms with van der Waals surface area (Å²) in [7, 11) is 1.84. The third-order valence-corrected chi connectivity index (χ3v) is 2.97. The summed E-state index contributed by atoms with van der Waals surface area (Å²) < 4.78 is 5.40. The molecule has 0 heterocycles. The van der Waals surface area contributed by atoms with Crippen molar-refractivity contribution < 1.29 is 9.53 Å². The summed E-state index contributed by atoms with van der Waals surface area (Å²) in [5, 5.41) is 3.25. The van der Waals surface area contributed by atoms with Crippen molar-refractivity contribution in [2.24, 2.45) is 0 Å². The van der Waals surface area contributed by atoms with Gasteiger partial charge in [-0.15, -0.1) is 0 Å². The van der Waals surface area contributed by atoms with E-state index in [9.17, 15) is 4.79 Å². The first kappa shape index (κ1) is 16.5. The molecule has 0 unspecified atom stereocenters. The van der Waals surface area contributed by atoms with Crippen molar-refractivity contribution >= 4 is 5.91 Å². The van der Waals surface area contributed by atoms with E-state index in [0.29, 0.717) is 25.6 Å². The number of nitrogens with one attached hydrogen (secondary N) is 1. The molecule has 0 fully saturated rings. The van der Waals surface area contributed by atoms with Gasteiger partial charge in [0.25, 0.3) is 0 Å². The van der Waals surface area contributed by atoms with Crippen LogP contribution in [0.25, 0.3) is 0 Å². The highest BCUT2D eigenvalue weighted by molar-refractivity contribution is 5.76. The third kappa shape index (κ3) is 6.06. The maximum absolute atomic E-state index is 12.0. The lowest BCUT2D eigenvalue weighted by Gasteiger charge is -2.18. The molecule has 0 saturated carbocycles. The summed E-state index contributed by atoms with van der Waals surface area (Å²) in [5.74, 6) is 1.03. The molecular weight excluding hydrogens is 252 g/mol. The van der Waals surface area contributed by atoms with Gasteiger partial charge in [-0.2, -0.15) is 0 Å². The lowest BCUT2D eigenvalue weighted by molar-refractivity contribution is -0.130. The first-order valence-corrected chi connectivity index (χ1v) is 7.22. The van der Waals surface area contributed by atoms with Gasteiger partial charge in [0.05, 0.1) is 6.61 Å². The van der Waals surface area contributed by atoms with Gasteiger partial charge in [0, 0.05) is 32.6 Å². The maximum Gasteiger partial charge on any atom is 0.223 e. The van der Waals surface area contributed by atoms with E-state index in [-0.39, 0.29) is 5.91 Å². The summed E-state index contributed by atoms with van der Waals surface area (Å²) in [6.07, 6.45) is 0.533. The van der Waals surface area contributed by atoms with Gasteiger partial charge in [-0.25, -0.2) is 0 Å². The Morgan fingerprint density at radius 3 is 2.50 bits per heavy atom. The molecule has 1 amide bonds. The van der Waals surface area contributed by atoms with Gasteiger partial charge in [0.1, 0.15) is 5.75 Å². The van der Waals surface area contributed by atoms with E-state index in [4.69, 9.17) is 4.74 Å². The Morgan fingerprint density at radius 2 is 1.95 bits per heavy atom. The molecule has 0 atom stereocenters. The molecule has 1 rings (SSSR count). The van der Waals surface area contributed by atoms with Gasteiger partial charge in [-0.05, 0) is 24.6 Å². The zero-order chi connectivity index (χ0) is 15.0. The zero-order valence-electron chi connectivity index (χ0n) is 13.0. The first-order chi connectivity index (χ1) is 9.52. The van der Waals surface area contributed by atoms with Crippen molar-refractivity contribution in [1.29, 1.82) is 0 Å². The molecule has 0 aromatic heterocycles. The highest BCUT2D eigenvalue weighted by Gasteiger charge is 2.09. The Kier molecular flexibility index (Phi) is 7.09. The van der Waals surface area contributed by atoms with Crippen LogP contribution >= 0.6 is 0 Å². The van der Waals surface area contributed by atoms with E-state index in [1.54, 1.807) is 4.90 Å². The molecule has 20 heavy (non-hydrogen) atoms. The topological polar surface area (TPSA) is 41.6 Å². The SMILES string of the molecule is CCOc1ccc(CN(C)C(=O)CCNC(C)C)cc1. The second kappa shape index (κ2) is 8.59. The van der Waals surface area contributed by atoms with Crippen LogP contribution < -0.4 is 10.1 Å². The Labute approximate surface area is 122 Å². The molecule has 0 saturated heterocycles. The van der Waals surface area contributed by atoms with E-state index in [2.05, 4.69) is 19.2 Å². The molecule has 1 aromatic rings. The number of nitrogens with zero attached hydrogens (tertiary/aromatic N) is 1. The molecule has 0 radical (unpaired) electrons. The largest absolute Gasteiger partial charge is 0.494 e. The van der Waals surface area contributed by atoms with Crippen LogP contribution in [0, 0.1) is 0 Å². The standard InChI is InChI=1S/C16H26N2O2/c1-5-20-15-8-6-14(7-9-15)12-18(4)16(19)10-11-17-13(2)3/h6-9,13,17H,5,10-12H2,1-4H3. The summed E-state index contributed by atoms with van der Waals surface area (Å²) in [4.78, 5) is 13.7. The summed E-state index contributed by atoms with van der Waals surface area (Å²) in [6, 6.07) is 8.30. The third-order valence-electron chi connectivity index (χ3n) is 2.97. The normalized spacial score (nSPS) is 10.7. The van der Waals surface area contributed by atoms with Crippen molar-refractivity contribution in [1.82, 2.24) is 10.2 Å². The number of benzene rings is 1. The summed E-state index contributed by atoms with van der Waals surface area (Å²) in [5.41, 5.74) is 1.11. The monoisotopic (exact) mass is 278 g/mol. The van der Waals surface area contributed by atoms with Crippen molar-refractivity contribution in [2.45, 2.75) is 39.8 Å². The molecule has 0 aliphatic heterocycles. The molecular formula is C16H26N2O2. The Balaban J connectivity index is 2.40. The highest BCUT2D eigenvalue weighted by Crippen LogP contribution is 2.13. The molecule has 112 valence electrons. The van der Waals surface area contributed by atoms with Crippen LogP contribution in [0.3, 0.4) is 0 Å². The zero-order valence-corrected chi connectivity index (χ0v) is 13.0. The van der Waals surface area contributed by atoms with Crippen LogP contribution in [0.15, 0.2) is 24.3 Å². The van der Waals surface area contributed by atoms with Gasteiger partial charge in [0.2, 0.25) is 5.91 Å². The average Bonchev–Trinajstić information content (AvgIpc) is 2.40. The molecule has 1 N–H and O–H groups in total. The van der Waals surface area contributed by atoms with Crippen molar-refractivity contribution in [3.63, 3.8) is 0 Å². The quantitative estimate of drug-likeness (QED) is 0.794. The predicted octanol–water partition coefficient (Wildman–Crippen LogP) is 2.43. The van der Waals surface area contributed by atoms with Crippen LogP contribution in [0.4, 0.5) is 0 Å². The van der Waals surface area contributed by atoms with Gasteiger partial charge in [-0.1, -0.05) is 26.0 Å². The van der Waals surface area contributed by atoms with Crippen LogP contribution in [0.5, 0.6) is 5.75 Å². The van der Waals surface area contributed by atoms with E-state index in [1.165, 1.54) is 0 Å². The van der Waals surface area contributed by atoms with E-state index in [0.717, 1.165) is 17.9 Å². The number of hydrogen-bond donors (Lipinski definition) is 1. The van der Waals surface area contributed by atoms with E-state index >= 15 is 0 Å². The first-order valence-electron chi connectivity index (χ1n) is 7.22. The number of hydrogen-bond acceptors (Lipinski definition) is 3. The minimum Gasteiger partial charge on any atom is -0.494 e. The number of amides is 1. The Hall–Kier alpha value is -1.55. The van der Waals surface area contributed by atoms with E-state index < -0.39 is 0 Å². The minimum absolute atomic E-state index is 0.159. The summed E-state index contributed by atoms with van der Waals surface area (Å²) >= 11 is 0. The van der Waals surface area contributed by atoms with Crippen LogP contribution in [0.1, 0.15) is 32.8 Å². The fourth-order valence-corrected chi connectivity index (χ4v) is 1.88. The molecule has 0 aliphatic carbocycles. The number of carbonyl (C=O) groups excluding carboxylic acids is 1. The van der Waals surface area contributed by atoms with Gasteiger partial charge in [-0.3, -0.25) is 4.79 Å². The van der Waals surface area contributed by atoms with Crippen molar-refractivity contribution in [2.75, 3.05) is 20.2 Å². The van der Waals surface area contributed by atoms with Crippen molar-refractivity contribution in [3.8, 4) is 5.75 Å². The molecule has 4 nitrogen and oxygen atoms in total. The Morgan fingerprint density at radius 1 is 1.30 bits per heavy atom. The second-order valence-electron chi connectivity index (χ2n) is 5.19. The molecule has 0 aliphatic rings. The van der Waals surface area contributed by atoms with Gasteiger partial charge in [0.15, 0.2) is 0 Å². The smallest absolute Gasteiger partial charge is 0.223 e. The minimum atomic E-state index is 0.159. The van der Waals surface area contributed by atoms with Crippen LogP contribution in [0.2, 0.25) is 0 Å². The predicted molar refractivity (Wildman–Crippen MR) is 81.8 cm³/mol. The molecule has 1 aromatic carbocycles. The van der Waals surface area contributed by atoms with Gasteiger partial charge < -0.3 is 15.0 Å². The second-order valence-corrected chi connectivity index (χ2v) is 5.19. The summed E-state index contributed by atoms with van der Waals surface area (Å²) in [6.45, 7) is 8.14. The van der Waals surface area contributed by atoms with Crippen molar-refractivity contribution in [3.05, 3.63) is 29.8 Å². The molecule has 0 bridgehead atoms. The highest BCUT2D eigenvalue weighted by atomic mass is 16.5. The molecule has 0 spiro atoms. The Bertz CT molecular complexity index is 401. The maximum atomic E-state index is 12.0. The lowest BCUT2D eigenvalue weighted by atomic mass is 10.2. The number of carbonyl (C=O) groups is 1. The fraction of sp³-hybridized carbons (Fsp3) is 0.562. The molecule has 4 heteroatoms. The van der Waals surface area contributed by atoms with E-state index in [1.807, 2.05) is 38.2 Å².